The third kappa shape index (κ3) is 3.29. The van der Waals surface area contributed by atoms with Crippen LogP contribution in [0.1, 0.15) is 18.1 Å². The van der Waals surface area contributed by atoms with Crippen LogP contribution in [0.4, 0.5) is 4.39 Å². The Bertz CT molecular complexity index is 571. The molecule has 0 unspecified atom stereocenters. The largest absolute Gasteiger partial charge is 0.336 e. The Labute approximate surface area is 123 Å². The van der Waals surface area contributed by atoms with Gasteiger partial charge in [0.2, 0.25) is 11.8 Å². The van der Waals surface area contributed by atoms with Crippen LogP contribution in [0.2, 0.25) is 0 Å². The highest BCUT2D eigenvalue weighted by Gasteiger charge is 2.24. The van der Waals surface area contributed by atoms with Crippen LogP contribution in [0.5, 0.6) is 0 Å². The molecule has 0 atom stereocenters. The number of carbonyl (C=O) groups is 2. The lowest BCUT2D eigenvalue weighted by Crippen LogP contribution is -2.44. The van der Waals surface area contributed by atoms with Crippen LogP contribution < -0.4 is 0 Å². The van der Waals surface area contributed by atoms with Gasteiger partial charge in [0.05, 0.1) is 0 Å². The molecule has 0 N–H and O–H groups in total. The van der Waals surface area contributed by atoms with Crippen molar-refractivity contribution in [3.63, 3.8) is 0 Å². The van der Waals surface area contributed by atoms with Gasteiger partial charge in [-0.3, -0.25) is 9.59 Å². The second kappa shape index (κ2) is 6.52. The number of amides is 2. The second-order valence-electron chi connectivity index (χ2n) is 5.00. The van der Waals surface area contributed by atoms with Crippen molar-refractivity contribution in [1.29, 1.82) is 0 Å². The number of hydrogen-bond donors (Lipinski definition) is 0. The fourth-order valence-corrected chi connectivity index (χ4v) is 2.51. The minimum absolute atomic E-state index is 0.0337. The number of likely N-dealkylation sites (N-methyl/N-ethyl adjacent to an activating group) is 1. The summed E-state index contributed by atoms with van der Waals surface area (Å²) in [7, 11) is 0. The standard InChI is InChI=1S/C16H19FN2O2/c1-3-15(20)18(4-2)11-16(21)19-9-8-13-12(10-19)6-5-7-14(13)17/h3,5-7H,1,4,8-11H2,2H3. The summed E-state index contributed by atoms with van der Waals surface area (Å²) in [5.41, 5.74) is 1.53. The molecule has 0 saturated carbocycles. The Morgan fingerprint density at radius 1 is 1.48 bits per heavy atom. The summed E-state index contributed by atoms with van der Waals surface area (Å²) in [6.07, 6.45) is 1.72. The summed E-state index contributed by atoms with van der Waals surface area (Å²) in [4.78, 5) is 27.0. The van der Waals surface area contributed by atoms with Crippen molar-refractivity contribution < 1.29 is 14.0 Å². The maximum atomic E-state index is 13.6. The van der Waals surface area contributed by atoms with Crippen LogP contribution in [0.25, 0.3) is 0 Å². The molecule has 2 amide bonds. The monoisotopic (exact) mass is 290 g/mol. The first-order chi connectivity index (χ1) is 10.1. The Kier molecular flexibility index (Phi) is 4.73. The first kappa shape index (κ1) is 15.2. The van der Waals surface area contributed by atoms with Gasteiger partial charge in [0.1, 0.15) is 12.4 Å². The van der Waals surface area contributed by atoms with Crippen molar-refractivity contribution in [1.82, 2.24) is 9.80 Å². The van der Waals surface area contributed by atoms with Gasteiger partial charge >= 0.3 is 0 Å². The third-order valence-electron chi connectivity index (χ3n) is 3.76. The van der Waals surface area contributed by atoms with Crippen molar-refractivity contribution >= 4 is 11.8 Å². The number of hydrogen-bond acceptors (Lipinski definition) is 2. The van der Waals surface area contributed by atoms with Crippen LogP contribution >= 0.6 is 0 Å². The quantitative estimate of drug-likeness (QED) is 0.793. The SMILES string of the molecule is C=CC(=O)N(CC)CC(=O)N1CCc2c(F)cccc2C1. The van der Waals surface area contributed by atoms with Crippen LogP contribution in [0, 0.1) is 5.82 Å². The first-order valence-corrected chi connectivity index (χ1v) is 7.02. The van der Waals surface area contributed by atoms with E-state index in [0.29, 0.717) is 31.6 Å². The smallest absolute Gasteiger partial charge is 0.246 e. The second-order valence-corrected chi connectivity index (χ2v) is 5.00. The van der Waals surface area contributed by atoms with Crippen molar-refractivity contribution in [2.45, 2.75) is 19.9 Å². The van der Waals surface area contributed by atoms with Crippen molar-refractivity contribution in [2.24, 2.45) is 0 Å². The lowest BCUT2D eigenvalue weighted by atomic mass is 9.99. The zero-order valence-corrected chi connectivity index (χ0v) is 12.1. The van der Waals surface area contributed by atoms with Gasteiger partial charge in [0.15, 0.2) is 0 Å². The summed E-state index contributed by atoms with van der Waals surface area (Å²) in [5, 5.41) is 0. The maximum absolute atomic E-state index is 13.6. The minimum Gasteiger partial charge on any atom is -0.336 e. The Balaban J connectivity index is 2.05. The van der Waals surface area contributed by atoms with E-state index >= 15 is 0 Å². The average molecular weight is 290 g/mol. The van der Waals surface area contributed by atoms with Crippen molar-refractivity contribution in [2.75, 3.05) is 19.6 Å². The van der Waals surface area contributed by atoms with Gasteiger partial charge < -0.3 is 9.80 Å². The molecule has 0 radical (unpaired) electrons. The zero-order valence-electron chi connectivity index (χ0n) is 12.1. The van der Waals surface area contributed by atoms with Crippen molar-refractivity contribution in [3.8, 4) is 0 Å². The van der Waals surface area contributed by atoms with E-state index < -0.39 is 0 Å². The van der Waals surface area contributed by atoms with E-state index in [-0.39, 0.29) is 24.2 Å². The molecule has 1 aromatic rings. The Morgan fingerprint density at radius 2 is 2.24 bits per heavy atom. The van der Waals surface area contributed by atoms with E-state index in [9.17, 15) is 14.0 Å². The summed E-state index contributed by atoms with van der Waals surface area (Å²) < 4.78 is 13.6. The fourth-order valence-electron chi connectivity index (χ4n) is 2.51. The van der Waals surface area contributed by atoms with Gasteiger partial charge in [-0.2, -0.15) is 0 Å². The Hall–Kier alpha value is -2.17. The molecule has 1 aromatic carbocycles. The highest BCUT2D eigenvalue weighted by molar-refractivity contribution is 5.90. The molecule has 2 rings (SSSR count). The molecule has 112 valence electrons. The molecule has 0 aliphatic carbocycles. The average Bonchev–Trinajstić information content (AvgIpc) is 2.51. The first-order valence-electron chi connectivity index (χ1n) is 7.02. The maximum Gasteiger partial charge on any atom is 0.246 e. The summed E-state index contributed by atoms with van der Waals surface area (Å²) in [6, 6.07) is 4.93. The number of benzene rings is 1. The van der Waals surface area contributed by atoms with Crippen LogP contribution in [0.3, 0.4) is 0 Å². The highest BCUT2D eigenvalue weighted by Crippen LogP contribution is 2.21. The normalized spacial score (nSPS) is 13.5. The fraction of sp³-hybridized carbons (Fsp3) is 0.375. The van der Waals surface area contributed by atoms with Gasteiger partial charge in [-0.05, 0) is 36.6 Å². The molecule has 0 fully saturated rings. The molecule has 0 spiro atoms. The van der Waals surface area contributed by atoms with E-state index in [2.05, 4.69) is 6.58 Å². The summed E-state index contributed by atoms with van der Waals surface area (Å²) in [6.45, 7) is 6.61. The molecule has 0 saturated heterocycles. The highest BCUT2D eigenvalue weighted by atomic mass is 19.1. The van der Waals surface area contributed by atoms with E-state index in [1.165, 1.54) is 17.0 Å². The third-order valence-corrected chi connectivity index (χ3v) is 3.76. The molecule has 1 heterocycles. The van der Waals surface area contributed by atoms with Gasteiger partial charge in [-0.15, -0.1) is 0 Å². The van der Waals surface area contributed by atoms with E-state index in [0.717, 1.165) is 5.56 Å². The number of carbonyl (C=O) groups excluding carboxylic acids is 2. The number of nitrogens with zero attached hydrogens (tertiary/aromatic N) is 2. The lowest BCUT2D eigenvalue weighted by Gasteiger charge is -2.31. The molecule has 0 aromatic heterocycles. The molecule has 0 bridgehead atoms. The molecule has 1 aliphatic heterocycles. The molecule has 1 aliphatic rings. The lowest BCUT2D eigenvalue weighted by molar-refractivity contribution is -0.138. The predicted octanol–water partition coefficient (Wildman–Crippen LogP) is 1.74. The van der Waals surface area contributed by atoms with Crippen LogP contribution in [-0.2, 0) is 22.6 Å². The number of rotatable bonds is 4. The molecular formula is C16H19FN2O2. The minimum atomic E-state index is -0.255. The van der Waals surface area contributed by atoms with Crippen LogP contribution in [-0.4, -0.2) is 41.2 Å². The predicted molar refractivity (Wildman–Crippen MR) is 78.0 cm³/mol. The summed E-state index contributed by atoms with van der Waals surface area (Å²) >= 11 is 0. The van der Waals surface area contributed by atoms with Gasteiger partial charge in [0, 0.05) is 19.6 Å². The van der Waals surface area contributed by atoms with E-state index in [1.807, 2.05) is 13.0 Å². The number of fused-ring (bicyclic) bond motifs is 1. The molecular weight excluding hydrogens is 271 g/mol. The zero-order chi connectivity index (χ0) is 15.4. The van der Waals surface area contributed by atoms with Gasteiger partial charge in [-0.25, -0.2) is 4.39 Å². The number of halogens is 1. The van der Waals surface area contributed by atoms with Gasteiger partial charge in [-0.1, -0.05) is 18.7 Å². The molecule has 4 nitrogen and oxygen atoms in total. The summed E-state index contributed by atoms with van der Waals surface area (Å²) in [5.74, 6) is -0.590. The van der Waals surface area contributed by atoms with E-state index in [4.69, 9.17) is 0 Å². The van der Waals surface area contributed by atoms with Crippen LogP contribution in [0.15, 0.2) is 30.9 Å². The van der Waals surface area contributed by atoms with Gasteiger partial charge in [0.25, 0.3) is 0 Å². The molecule has 21 heavy (non-hydrogen) atoms. The van der Waals surface area contributed by atoms with Crippen molar-refractivity contribution in [3.05, 3.63) is 47.8 Å². The Morgan fingerprint density at radius 3 is 2.90 bits per heavy atom. The van der Waals surface area contributed by atoms with E-state index in [1.54, 1.807) is 11.0 Å². The molecule has 5 heteroatoms. The topological polar surface area (TPSA) is 40.6 Å².